The minimum atomic E-state index is -0.367. The molecule has 0 spiro atoms. The lowest BCUT2D eigenvalue weighted by Crippen LogP contribution is -2.28. The summed E-state index contributed by atoms with van der Waals surface area (Å²) in [7, 11) is 1.85. The van der Waals surface area contributed by atoms with Crippen molar-refractivity contribution in [3.05, 3.63) is 33.9 Å². The summed E-state index contributed by atoms with van der Waals surface area (Å²) in [6.07, 6.45) is 3.23. The highest BCUT2D eigenvalue weighted by Gasteiger charge is 2.27. The number of nitrogens with zero attached hydrogens (tertiary/aromatic N) is 1. The Morgan fingerprint density at radius 2 is 1.95 bits per heavy atom. The molecule has 1 fully saturated rings. The molecule has 5 nitrogen and oxygen atoms in total. The van der Waals surface area contributed by atoms with Crippen molar-refractivity contribution in [2.45, 2.75) is 45.8 Å². The minimum Gasteiger partial charge on any atom is -0.483 e. The van der Waals surface area contributed by atoms with Gasteiger partial charge in [0.05, 0.1) is 11.0 Å². The molecule has 0 bridgehead atoms. The molecule has 2 rings (SSSR count). The lowest BCUT2D eigenvalue weighted by molar-refractivity contribution is -0.386. The standard InChI is InChI=1S/C16H24N2O3/c1-11-6-12(2)8-14(7-11)21-16-9-13(10-17-3)4-5-15(16)18(19)20/h4-5,9,11-12,14,17H,6-8,10H2,1-3H3. The summed E-state index contributed by atoms with van der Waals surface area (Å²) in [6.45, 7) is 5.11. The van der Waals surface area contributed by atoms with E-state index in [0.29, 0.717) is 24.1 Å². The van der Waals surface area contributed by atoms with Crippen LogP contribution >= 0.6 is 0 Å². The van der Waals surface area contributed by atoms with Gasteiger partial charge in [-0.25, -0.2) is 0 Å². The third-order valence-corrected chi connectivity index (χ3v) is 4.03. The van der Waals surface area contributed by atoms with E-state index in [1.165, 1.54) is 12.5 Å². The molecule has 1 aromatic carbocycles. The molecule has 0 aliphatic heterocycles. The predicted molar refractivity (Wildman–Crippen MR) is 82.5 cm³/mol. The molecule has 1 aromatic rings. The first-order chi connectivity index (χ1) is 9.99. The molecular formula is C16H24N2O3. The topological polar surface area (TPSA) is 64.4 Å². The Kier molecular flexibility index (Phi) is 5.17. The van der Waals surface area contributed by atoms with Crippen LogP contribution in [0.4, 0.5) is 5.69 Å². The third kappa shape index (κ3) is 4.17. The molecule has 0 aromatic heterocycles. The first-order valence-corrected chi connectivity index (χ1v) is 7.58. The SMILES string of the molecule is CNCc1ccc([N+](=O)[O-])c(OC2CC(C)CC(C)C2)c1. The van der Waals surface area contributed by atoms with Crippen molar-refractivity contribution in [2.24, 2.45) is 11.8 Å². The molecule has 5 heteroatoms. The van der Waals surface area contributed by atoms with Gasteiger partial charge in [0.25, 0.3) is 0 Å². The van der Waals surface area contributed by atoms with Crippen LogP contribution in [0.1, 0.15) is 38.7 Å². The van der Waals surface area contributed by atoms with Gasteiger partial charge < -0.3 is 10.1 Å². The zero-order valence-corrected chi connectivity index (χ0v) is 13.0. The molecule has 1 N–H and O–H groups in total. The van der Waals surface area contributed by atoms with Gasteiger partial charge in [-0.05, 0) is 49.8 Å². The van der Waals surface area contributed by atoms with Gasteiger partial charge in [-0.3, -0.25) is 10.1 Å². The number of benzene rings is 1. The summed E-state index contributed by atoms with van der Waals surface area (Å²) in [5.74, 6) is 1.62. The molecular weight excluding hydrogens is 268 g/mol. The summed E-state index contributed by atoms with van der Waals surface area (Å²) >= 11 is 0. The molecule has 0 radical (unpaired) electrons. The van der Waals surface area contributed by atoms with E-state index < -0.39 is 0 Å². The first-order valence-electron chi connectivity index (χ1n) is 7.58. The van der Waals surface area contributed by atoms with E-state index in [9.17, 15) is 10.1 Å². The number of rotatable bonds is 5. The second kappa shape index (κ2) is 6.89. The highest BCUT2D eigenvalue weighted by atomic mass is 16.6. The van der Waals surface area contributed by atoms with Crippen LogP contribution in [-0.4, -0.2) is 18.1 Å². The van der Waals surface area contributed by atoms with Gasteiger partial charge >= 0.3 is 5.69 Å². The number of hydrogen-bond donors (Lipinski definition) is 1. The molecule has 2 atom stereocenters. The molecule has 2 unspecified atom stereocenters. The van der Waals surface area contributed by atoms with E-state index in [2.05, 4.69) is 19.2 Å². The number of ether oxygens (including phenoxy) is 1. The first kappa shape index (κ1) is 15.8. The molecule has 0 amide bonds. The van der Waals surface area contributed by atoms with E-state index in [4.69, 9.17) is 4.74 Å². The van der Waals surface area contributed by atoms with Gasteiger partial charge in [-0.15, -0.1) is 0 Å². The van der Waals surface area contributed by atoms with Crippen LogP contribution < -0.4 is 10.1 Å². The van der Waals surface area contributed by atoms with Crippen LogP contribution in [0, 0.1) is 22.0 Å². The van der Waals surface area contributed by atoms with Crippen LogP contribution in [0.2, 0.25) is 0 Å². The monoisotopic (exact) mass is 292 g/mol. The summed E-state index contributed by atoms with van der Waals surface area (Å²) in [5.41, 5.74) is 1.05. The van der Waals surface area contributed by atoms with Gasteiger partial charge in [-0.1, -0.05) is 19.9 Å². The molecule has 1 aliphatic rings. The van der Waals surface area contributed by atoms with E-state index >= 15 is 0 Å². The van der Waals surface area contributed by atoms with Crippen LogP contribution in [0.3, 0.4) is 0 Å². The number of hydrogen-bond acceptors (Lipinski definition) is 4. The second-order valence-corrected chi connectivity index (χ2v) is 6.25. The average molecular weight is 292 g/mol. The van der Waals surface area contributed by atoms with Crippen molar-refractivity contribution in [3.8, 4) is 5.75 Å². The maximum Gasteiger partial charge on any atom is 0.310 e. The maximum atomic E-state index is 11.2. The molecule has 1 saturated carbocycles. The third-order valence-electron chi connectivity index (χ3n) is 4.03. The fraction of sp³-hybridized carbons (Fsp3) is 0.625. The summed E-state index contributed by atoms with van der Waals surface area (Å²) in [5, 5.41) is 14.2. The van der Waals surface area contributed by atoms with Crippen molar-refractivity contribution >= 4 is 5.69 Å². The average Bonchev–Trinajstić information content (AvgIpc) is 2.37. The number of nitrogens with one attached hydrogen (secondary N) is 1. The van der Waals surface area contributed by atoms with Gasteiger partial charge in [0.2, 0.25) is 0 Å². The Hall–Kier alpha value is -1.62. The van der Waals surface area contributed by atoms with E-state index in [1.807, 2.05) is 7.05 Å². The Labute approximate surface area is 125 Å². The molecule has 21 heavy (non-hydrogen) atoms. The van der Waals surface area contributed by atoms with Gasteiger partial charge in [0, 0.05) is 12.6 Å². The van der Waals surface area contributed by atoms with Gasteiger partial charge in [0.1, 0.15) is 0 Å². The second-order valence-electron chi connectivity index (χ2n) is 6.25. The van der Waals surface area contributed by atoms with Crippen LogP contribution in [0.25, 0.3) is 0 Å². The number of nitro benzene ring substituents is 1. The smallest absolute Gasteiger partial charge is 0.310 e. The van der Waals surface area contributed by atoms with Crippen LogP contribution in [-0.2, 0) is 6.54 Å². The molecule has 116 valence electrons. The van der Waals surface area contributed by atoms with Crippen LogP contribution in [0.15, 0.2) is 18.2 Å². The van der Waals surface area contributed by atoms with Crippen molar-refractivity contribution in [3.63, 3.8) is 0 Å². The lowest BCUT2D eigenvalue weighted by Gasteiger charge is -2.31. The zero-order chi connectivity index (χ0) is 15.4. The molecule has 0 heterocycles. The maximum absolute atomic E-state index is 11.2. The Morgan fingerprint density at radius 1 is 1.29 bits per heavy atom. The zero-order valence-electron chi connectivity index (χ0n) is 13.0. The van der Waals surface area contributed by atoms with Crippen molar-refractivity contribution < 1.29 is 9.66 Å². The van der Waals surface area contributed by atoms with Crippen molar-refractivity contribution in [1.29, 1.82) is 0 Å². The van der Waals surface area contributed by atoms with Gasteiger partial charge in [-0.2, -0.15) is 0 Å². The Bertz CT molecular complexity index is 494. The number of nitro groups is 1. The summed E-state index contributed by atoms with van der Waals surface area (Å²) in [6, 6.07) is 5.10. The van der Waals surface area contributed by atoms with Crippen molar-refractivity contribution in [2.75, 3.05) is 7.05 Å². The lowest BCUT2D eigenvalue weighted by atomic mass is 9.82. The van der Waals surface area contributed by atoms with E-state index in [-0.39, 0.29) is 16.7 Å². The van der Waals surface area contributed by atoms with Gasteiger partial charge in [0.15, 0.2) is 5.75 Å². The fourth-order valence-corrected chi connectivity index (χ4v) is 3.27. The highest BCUT2D eigenvalue weighted by molar-refractivity contribution is 5.48. The Morgan fingerprint density at radius 3 is 2.52 bits per heavy atom. The largest absolute Gasteiger partial charge is 0.483 e. The summed E-state index contributed by atoms with van der Waals surface area (Å²) in [4.78, 5) is 10.8. The minimum absolute atomic E-state index is 0.0562. The fourth-order valence-electron chi connectivity index (χ4n) is 3.27. The normalized spacial score (nSPS) is 25.6. The van der Waals surface area contributed by atoms with Crippen LogP contribution in [0.5, 0.6) is 5.75 Å². The highest BCUT2D eigenvalue weighted by Crippen LogP contribution is 2.35. The van der Waals surface area contributed by atoms with E-state index in [0.717, 1.165) is 18.4 Å². The summed E-state index contributed by atoms with van der Waals surface area (Å²) < 4.78 is 6.01. The van der Waals surface area contributed by atoms with Crippen molar-refractivity contribution in [1.82, 2.24) is 5.32 Å². The molecule has 0 saturated heterocycles. The molecule has 1 aliphatic carbocycles. The van der Waals surface area contributed by atoms with E-state index in [1.54, 1.807) is 12.1 Å². The Balaban J connectivity index is 2.19. The quantitative estimate of drug-likeness (QED) is 0.666. The predicted octanol–water partition coefficient (Wildman–Crippen LogP) is 3.52.